The van der Waals surface area contributed by atoms with Gasteiger partial charge in [-0.05, 0) is 52.3 Å². The predicted molar refractivity (Wildman–Crippen MR) is 122 cm³/mol. The fourth-order valence-corrected chi connectivity index (χ4v) is 5.14. The molecule has 0 aliphatic heterocycles. The van der Waals surface area contributed by atoms with Crippen LogP contribution in [-0.2, 0) is 0 Å². The SMILES string of the molecule is N=C(c1ccccc1C1C(c2ccccc2)=Cc2ccccc21)C1CCCCC1. The van der Waals surface area contributed by atoms with Gasteiger partial charge in [-0.2, -0.15) is 0 Å². The normalized spacial score (nSPS) is 18.9. The summed E-state index contributed by atoms with van der Waals surface area (Å²) in [6.45, 7) is 0. The van der Waals surface area contributed by atoms with Crippen LogP contribution in [0.2, 0.25) is 0 Å². The second-order valence-electron chi connectivity index (χ2n) is 8.36. The van der Waals surface area contributed by atoms with E-state index in [2.05, 4.69) is 84.9 Å². The number of benzene rings is 3. The van der Waals surface area contributed by atoms with Crippen LogP contribution in [0.25, 0.3) is 11.6 Å². The first-order chi connectivity index (χ1) is 14.3. The average molecular weight is 378 g/mol. The first kappa shape index (κ1) is 18.1. The van der Waals surface area contributed by atoms with Gasteiger partial charge in [-0.3, -0.25) is 0 Å². The summed E-state index contributed by atoms with van der Waals surface area (Å²) in [6, 6.07) is 28.1. The zero-order valence-corrected chi connectivity index (χ0v) is 16.8. The van der Waals surface area contributed by atoms with Crippen LogP contribution in [0.3, 0.4) is 0 Å². The van der Waals surface area contributed by atoms with E-state index in [0.717, 1.165) is 24.1 Å². The van der Waals surface area contributed by atoms with Crippen LogP contribution in [-0.4, -0.2) is 5.71 Å². The predicted octanol–water partition coefficient (Wildman–Crippen LogP) is 7.32. The van der Waals surface area contributed by atoms with Crippen molar-refractivity contribution in [2.75, 3.05) is 0 Å². The van der Waals surface area contributed by atoms with Gasteiger partial charge in [0.1, 0.15) is 0 Å². The van der Waals surface area contributed by atoms with Crippen LogP contribution in [0.15, 0.2) is 78.9 Å². The van der Waals surface area contributed by atoms with E-state index >= 15 is 0 Å². The number of hydrogen-bond donors (Lipinski definition) is 1. The molecule has 2 aliphatic carbocycles. The van der Waals surface area contributed by atoms with Gasteiger partial charge in [-0.15, -0.1) is 0 Å². The molecule has 144 valence electrons. The van der Waals surface area contributed by atoms with Crippen molar-refractivity contribution in [1.29, 1.82) is 5.41 Å². The van der Waals surface area contributed by atoms with Gasteiger partial charge in [0.2, 0.25) is 0 Å². The lowest BCUT2D eigenvalue weighted by Crippen LogP contribution is -2.20. The third-order valence-corrected chi connectivity index (χ3v) is 6.61. The molecule has 1 heteroatoms. The molecule has 1 fully saturated rings. The maximum atomic E-state index is 9.06. The molecule has 5 rings (SSSR count). The lowest BCUT2D eigenvalue weighted by Gasteiger charge is -2.26. The highest BCUT2D eigenvalue weighted by molar-refractivity contribution is 6.03. The van der Waals surface area contributed by atoms with E-state index in [1.807, 2.05) is 0 Å². The number of allylic oxidation sites excluding steroid dienone is 1. The van der Waals surface area contributed by atoms with E-state index < -0.39 is 0 Å². The molecule has 1 nitrogen and oxygen atoms in total. The van der Waals surface area contributed by atoms with Gasteiger partial charge in [0.25, 0.3) is 0 Å². The molecule has 0 heterocycles. The Morgan fingerprint density at radius 3 is 2.14 bits per heavy atom. The van der Waals surface area contributed by atoms with Crippen LogP contribution in [0.1, 0.15) is 65.8 Å². The highest BCUT2D eigenvalue weighted by atomic mass is 14.5. The van der Waals surface area contributed by atoms with Crippen molar-refractivity contribution >= 4 is 17.4 Å². The van der Waals surface area contributed by atoms with Crippen LogP contribution < -0.4 is 0 Å². The van der Waals surface area contributed by atoms with Crippen LogP contribution in [0.5, 0.6) is 0 Å². The topological polar surface area (TPSA) is 23.9 Å². The summed E-state index contributed by atoms with van der Waals surface area (Å²) in [7, 11) is 0. The van der Waals surface area contributed by atoms with E-state index in [9.17, 15) is 0 Å². The molecule has 0 amide bonds. The van der Waals surface area contributed by atoms with Gasteiger partial charge in [-0.25, -0.2) is 0 Å². The Morgan fingerprint density at radius 2 is 1.34 bits per heavy atom. The monoisotopic (exact) mass is 377 g/mol. The molecular formula is C28H27N. The second kappa shape index (κ2) is 7.83. The molecule has 0 aromatic heterocycles. The zero-order chi connectivity index (χ0) is 19.6. The Balaban J connectivity index is 1.62. The molecule has 1 N–H and O–H groups in total. The second-order valence-corrected chi connectivity index (χ2v) is 8.36. The summed E-state index contributed by atoms with van der Waals surface area (Å²) in [5, 5.41) is 9.06. The van der Waals surface area contributed by atoms with E-state index in [-0.39, 0.29) is 5.92 Å². The van der Waals surface area contributed by atoms with Gasteiger partial charge >= 0.3 is 0 Å². The highest BCUT2D eigenvalue weighted by Crippen LogP contribution is 2.47. The smallest absolute Gasteiger partial charge is 0.0420 e. The van der Waals surface area contributed by atoms with Gasteiger partial charge in [0.15, 0.2) is 0 Å². The molecule has 3 aromatic carbocycles. The minimum atomic E-state index is 0.189. The fraction of sp³-hybridized carbons (Fsp3) is 0.250. The Bertz CT molecular complexity index is 1050. The molecule has 1 atom stereocenters. The molecule has 3 aromatic rings. The van der Waals surface area contributed by atoms with E-state index in [1.165, 1.54) is 47.1 Å². The maximum absolute atomic E-state index is 9.06. The summed E-state index contributed by atoms with van der Waals surface area (Å²) in [5.74, 6) is 0.597. The largest absolute Gasteiger partial charge is 0.304 e. The summed E-state index contributed by atoms with van der Waals surface area (Å²) < 4.78 is 0. The Hall–Kier alpha value is -2.93. The Morgan fingerprint density at radius 1 is 0.690 bits per heavy atom. The van der Waals surface area contributed by atoms with Crippen LogP contribution >= 0.6 is 0 Å². The number of fused-ring (bicyclic) bond motifs is 1. The fourth-order valence-electron chi connectivity index (χ4n) is 5.14. The first-order valence-corrected chi connectivity index (χ1v) is 10.9. The summed E-state index contributed by atoms with van der Waals surface area (Å²) >= 11 is 0. The molecule has 0 saturated heterocycles. The lowest BCUT2D eigenvalue weighted by molar-refractivity contribution is 0.438. The molecular weight excluding hydrogens is 350 g/mol. The standard InChI is InChI=1S/C28H27N/c29-28(21-13-5-2-6-14-21)25-18-10-9-17-24(25)27-23-16-8-7-15-22(23)19-26(27)20-11-3-1-4-12-20/h1,3-4,7-12,15-19,21,27,29H,2,5-6,13-14H2. The van der Waals surface area contributed by atoms with Gasteiger partial charge in [-0.1, -0.05) is 98.1 Å². The van der Waals surface area contributed by atoms with Crippen molar-refractivity contribution in [3.8, 4) is 0 Å². The molecule has 0 radical (unpaired) electrons. The summed E-state index contributed by atoms with van der Waals surface area (Å²) in [5.41, 5.74) is 8.54. The number of hydrogen-bond acceptors (Lipinski definition) is 1. The highest BCUT2D eigenvalue weighted by Gasteiger charge is 2.31. The van der Waals surface area contributed by atoms with Crippen LogP contribution in [0, 0.1) is 11.3 Å². The minimum Gasteiger partial charge on any atom is -0.304 e. The molecule has 0 spiro atoms. The Labute approximate surface area is 173 Å². The minimum absolute atomic E-state index is 0.189. The average Bonchev–Trinajstić information content (AvgIpc) is 3.19. The van der Waals surface area contributed by atoms with E-state index in [4.69, 9.17) is 5.41 Å². The van der Waals surface area contributed by atoms with Crippen molar-refractivity contribution in [3.63, 3.8) is 0 Å². The van der Waals surface area contributed by atoms with E-state index in [1.54, 1.807) is 0 Å². The van der Waals surface area contributed by atoms with Crippen molar-refractivity contribution in [3.05, 3.63) is 107 Å². The van der Waals surface area contributed by atoms with Gasteiger partial charge in [0, 0.05) is 17.5 Å². The first-order valence-electron chi connectivity index (χ1n) is 10.9. The summed E-state index contributed by atoms with van der Waals surface area (Å²) in [6.07, 6.45) is 8.51. The van der Waals surface area contributed by atoms with Crippen LogP contribution in [0.4, 0.5) is 0 Å². The molecule has 2 aliphatic rings. The number of nitrogens with one attached hydrogen (secondary N) is 1. The van der Waals surface area contributed by atoms with E-state index in [0.29, 0.717) is 5.92 Å². The van der Waals surface area contributed by atoms with Gasteiger partial charge in [0.05, 0.1) is 0 Å². The van der Waals surface area contributed by atoms with Gasteiger partial charge < -0.3 is 5.41 Å². The number of rotatable bonds is 4. The third kappa shape index (κ3) is 3.35. The molecule has 0 bridgehead atoms. The quantitative estimate of drug-likeness (QED) is 0.461. The molecule has 1 saturated carbocycles. The lowest BCUT2D eigenvalue weighted by atomic mass is 9.78. The molecule has 29 heavy (non-hydrogen) atoms. The van der Waals surface area contributed by atoms with Crippen molar-refractivity contribution in [1.82, 2.24) is 0 Å². The zero-order valence-electron chi connectivity index (χ0n) is 16.8. The molecule has 1 unspecified atom stereocenters. The Kier molecular flexibility index (Phi) is 4.89. The summed E-state index contributed by atoms with van der Waals surface area (Å²) in [4.78, 5) is 0. The van der Waals surface area contributed by atoms with Crippen molar-refractivity contribution in [2.45, 2.75) is 38.0 Å². The van der Waals surface area contributed by atoms with Crippen molar-refractivity contribution in [2.24, 2.45) is 5.92 Å². The maximum Gasteiger partial charge on any atom is 0.0420 e. The van der Waals surface area contributed by atoms with Crippen molar-refractivity contribution < 1.29 is 0 Å². The third-order valence-electron chi connectivity index (χ3n) is 6.61.